The molecule has 0 bridgehead atoms. The van der Waals surface area contributed by atoms with E-state index in [2.05, 4.69) is 98.1 Å². The number of phosphoric ester groups is 1. The smallest absolute Gasteiger partial charge is 0.474 e. The predicted octanol–water partition coefficient (Wildman–Crippen LogP) is -0.755. The Morgan fingerprint density at radius 3 is 2.00 bits per heavy atom. The van der Waals surface area contributed by atoms with Gasteiger partial charge in [-0.1, -0.05) is 73.1 Å². The monoisotopic (exact) mass is 1730 g/mol. The highest BCUT2D eigenvalue weighted by Crippen LogP contribution is 2.49. The lowest BCUT2D eigenvalue weighted by Crippen LogP contribution is -2.72. The first-order chi connectivity index (χ1) is 55.8. The molecule has 45 heteroatoms. The lowest BCUT2D eigenvalue weighted by atomic mass is 9.85. The summed E-state index contributed by atoms with van der Waals surface area (Å²) >= 11 is 4.06. The van der Waals surface area contributed by atoms with Gasteiger partial charge < -0.3 is 141 Å². The van der Waals surface area contributed by atoms with Crippen molar-refractivity contribution in [2.24, 2.45) is 16.9 Å². The molecule has 27 atom stereocenters. The first kappa shape index (κ1) is 98.8. The van der Waals surface area contributed by atoms with Gasteiger partial charge in [0.15, 0.2) is 61.7 Å². The van der Waals surface area contributed by atoms with E-state index < -0.39 is 239 Å². The highest BCUT2D eigenvalue weighted by molar-refractivity contribution is 7.80. The summed E-state index contributed by atoms with van der Waals surface area (Å²) in [6, 6.07) is -0.767. The number of carboxylic acid groups (broad SMARTS) is 1. The Morgan fingerprint density at radius 1 is 0.782 bits per heavy atom. The number of carbonyl (C=O) groups excluding carboxylic acids is 5. The van der Waals surface area contributed by atoms with Crippen molar-refractivity contribution < 1.29 is 160 Å². The van der Waals surface area contributed by atoms with Gasteiger partial charge in [0.25, 0.3) is 11.6 Å². The number of aliphatic carboxylic acids is 1. The van der Waals surface area contributed by atoms with Crippen molar-refractivity contribution >= 4 is 61.8 Å². The molecule has 1 aromatic heterocycles. The van der Waals surface area contributed by atoms with Gasteiger partial charge in [-0.15, -0.1) is 0 Å². The number of carboxylic acids is 1. The summed E-state index contributed by atoms with van der Waals surface area (Å²) in [6.45, 7) is 16.8. The van der Waals surface area contributed by atoms with E-state index in [-0.39, 0.29) is 35.8 Å². The second kappa shape index (κ2) is 44.2. The van der Waals surface area contributed by atoms with E-state index in [1.165, 1.54) is 24.1 Å². The molecule has 119 heavy (non-hydrogen) atoms. The highest BCUT2D eigenvalue weighted by atomic mass is 32.1. The van der Waals surface area contributed by atoms with Crippen molar-refractivity contribution in [2.45, 2.75) is 273 Å². The number of aliphatic hydroxyl groups excluding tert-OH is 9. The minimum absolute atomic E-state index is 0.0160. The van der Waals surface area contributed by atoms with Crippen LogP contribution in [-0.2, 0) is 84.9 Å². The number of allylic oxidation sites excluding steroid dienone is 8. The maximum Gasteiger partial charge on any atom is 0.474 e. The minimum atomic E-state index is -5.87. The number of ether oxygens (including phenoxy) is 11. The van der Waals surface area contributed by atoms with E-state index in [1.807, 2.05) is 6.08 Å². The van der Waals surface area contributed by atoms with Gasteiger partial charge in [0.05, 0.1) is 43.1 Å². The largest absolute Gasteiger partial charge is 0.479 e. The molecule has 2 aromatic rings. The van der Waals surface area contributed by atoms with Crippen LogP contribution in [0.4, 0.5) is 10.5 Å². The van der Waals surface area contributed by atoms with E-state index in [1.54, 1.807) is 13.0 Å². The number of primary amides is 2. The molecule has 1 unspecified atom stereocenters. The third-order valence-corrected chi connectivity index (χ3v) is 21.3. The third kappa shape index (κ3) is 26.9. The van der Waals surface area contributed by atoms with Crippen LogP contribution in [0.2, 0.25) is 0 Å². The van der Waals surface area contributed by atoms with E-state index in [0.717, 1.165) is 87.2 Å². The van der Waals surface area contributed by atoms with Crippen molar-refractivity contribution in [3.8, 4) is 5.69 Å². The van der Waals surface area contributed by atoms with Gasteiger partial charge >= 0.3 is 19.9 Å². The van der Waals surface area contributed by atoms with Crippen molar-refractivity contribution in [1.29, 1.82) is 0 Å². The van der Waals surface area contributed by atoms with Crippen molar-refractivity contribution in [1.82, 2.24) is 30.7 Å². The van der Waals surface area contributed by atoms with Crippen molar-refractivity contribution in [2.75, 3.05) is 38.7 Å². The number of aliphatic hydroxyl groups is 10. The Kier molecular flexibility index (Phi) is 36.7. The summed E-state index contributed by atoms with van der Waals surface area (Å²) in [6.07, 6.45) is -33.8. The first-order valence-corrected chi connectivity index (χ1v) is 40.2. The minimum Gasteiger partial charge on any atom is -0.479 e. The zero-order valence-electron chi connectivity index (χ0n) is 67.2. The molecule has 5 aliphatic rings. The van der Waals surface area contributed by atoms with Crippen LogP contribution < -0.4 is 27.4 Å². The highest BCUT2D eigenvalue weighted by Gasteiger charge is 2.62. The average Bonchev–Trinajstić information content (AvgIpc) is 0.939. The molecule has 5 fully saturated rings. The Morgan fingerprint density at radius 2 is 1.39 bits per heavy atom. The number of nitrogens with two attached hydrogens (primary N) is 2. The molecule has 19 N–H and O–H groups in total. The summed E-state index contributed by atoms with van der Waals surface area (Å²) < 4.78 is 91.1. The SMILES string of the molecule is C=C(C/C=C(\C)CCC=C(C)C)CCC(C)(C)/C=C/CC/C(C)=C\CO[C@H](COP(=O)(O)O[C@H]1O[C@H](C(N)=O)[C@@](C)(O)[C@H](OC(N)=O)[C@H]1O[C@@H]1O[C@H](CO[C@@H]2O[C@H](CO)[C@@H](O)[C@H](O)[C@H]2O)[C@@H](O[C@@H]2O[C@H](C)[C@@H](O[C@@H]3O[C@H](c4ncnn4-c4ccc([N+](=O)[O-])c(C(=O)NCCS)c4)[C@H](O)[C@H](O)[C@H]3O)[C@H](O)[C@H]2NC(C)=O)[C@H](O)[C@H]1NC(C)=O)C(=O)O. The number of nitro groups is 1. The molecule has 0 saturated carbocycles. The number of hydrogen-bond acceptors (Lipinski definition) is 35. The molecular weight excluding hydrogens is 1620 g/mol. The molecule has 43 nitrogen and oxygen atoms in total. The lowest BCUT2D eigenvalue weighted by Gasteiger charge is -2.52. The number of phosphoric acid groups is 1. The van der Waals surface area contributed by atoms with E-state index in [9.17, 15) is 105 Å². The summed E-state index contributed by atoms with van der Waals surface area (Å²) in [5.74, 6) is -6.24. The predicted molar refractivity (Wildman–Crippen MR) is 413 cm³/mol. The van der Waals surface area contributed by atoms with Gasteiger partial charge in [0, 0.05) is 32.2 Å². The van der Waals surface area contributed by atoms with Crippen LogP contribution in [0.15, 0.2) is 83.8 Å². The number of thiol groups is 1. The number of aromatic nitrogens is 3. The Hall–Kier alpha value is -7.26. The molecule has 5 aliphatic heterocycles. The summed E-state index contributed by atoms with van der Waals surface area (Å²) in [5, 5.41) is 148. The van der Waals surface area contributed by atoms with Crippen LogP contribution >= 0.6 is 20.5 Å². The fourth-order valence-electron chi connectivity index (χ4n) is 13.6. The van der Waals surface area contributed by atoms with Crippen LogP contribution in [0.25, 0.3) is 5.69 Å². The molecule has 0 spiro atoms. The quantitative estimate of drug-likeness (QED) is 0.0128. The van der Waals surface area contributed by atoms with Crippen LogP contribution in [0.3, 0.4) is 0 Å². The second-order valence-corrected chi connectivity index (χ2v) is 32.4. The summed E-state index contributed by atoms with van der Waals surface area (Å²) in [7, 11) is -5.87. The number of amides is 5. The second-order valence-electron chi connectivity index (χ2n) is 30.6. The molecule has 6 heterocycles. The molecule has 1 aromatic carbocycles. The van der Waals surface area contributed by atoms with Gasteiger partial charge in [0.1, 0.15) is 109 Å². The molecule has 0 radical (unpaired) electrons. The Balaban J connectivity index is 1.14. The summed E-state index contributed by atoms with van der Waals surface area (Å²) in [5.41, 5.74) is 11.5. The standard InChI is InChI=1S/C74H112N9O34PS/c1-34(2)15-14-17-35(3)18-19-37(5)22-25-73(9,10)24-13-12-16-36(4)23-27-105-46(66(97)98)32-107-118(103,104)117-71-60(61(116-72(76)99)74(11,100)62(115-71)63(75)95)114-68-48(81-40(8)86)51(89)58(45(110-68)31-106-69-55(93)52(90)49(87)44(30-84)109-69)112-67-47(80-39(7)85)50(88)57(38(6)108-67)111-70-56(94)53(91)54(92)59(113-70)64-78-33-79-82(64)41-20-21-43(83(101)102)42(29-41)65(96)77-26-28-119/h13,15,18,20-21,23-24,29,33,38,44-62,67-71,84,87-94,100,119H,5,12,14,16-17,19,22,25-28,30-32H2,1-4,6-11H3,(H2,75,95)(H2,76,99)(H,77,96)(H,80,85)(H,81,86)(H,97,98)(H,103,104)/b24-13+,35-18+,36-23-/t38-,44-,45-,46-,47-,48-,49-,50-,51-,52+,53+,54-,55-,56-,57-,58-,59+,60-,61-,62-,67+,68+,69-,70-,71-,74+/m1/s1. The van der Waals surface area contributed by atoms with Gasteiger partial charge in [-0.3, -0.25) is 38.3 Å². The van der Waals surface area contributed by atoms with Gasteiger partial charge in [0.2, 0.25) is 17.7 Å². The molecule has 7 rings (SSSR count). The van der Waals surface area contributed by atoms with Gasteiger partial charge in [-0.05, 0) is 104 Å². The maximum atomic E-state index is 14.2. The van der Waals surface area contributed by atoms with Crippen LogP contribution in [-0.4, -0.2) is 308 Å². The maximum absolute atomic E-state index is 14.2. The van der Waals surface area contributed by atoms with E-state index in [4.69, 9.17) is 72.6 Å². The number of nitrogens with zero attached hydrogens (tertiary/aromatic N) is 4. The fraction of sp³-hybridized carbons (Fsp3) is 0.676. The number of hydrogen-bond donors (Lipinski definition) is 18. The number of rotatable bonds is 41. The first-order valence-electron chi connectivity index (χ1n) is 38.1. The molecule has 5 amide bonds. The normalized spacial score (nSPS) is 32.9. The number of carbonyl (C=O) groups is 6. The molecule has 5 saturated heterocycles. The lowest BCUT2D eigenvalue weighted by molar-refractivity contribution is -0.385. The molecule has 668 valence electrons. The molecular formula is C74H112N9O34PS. The van der Waals surface area contributed by atoms with Gasteiger partial charge in [-0.2, -0.15) is 17.7 Å². The van der Waals surface area contributed by atoms with E-state index >= 15 is 0 Å². The summed E-state index contributed by atoms with van der Waals surface area (Å²) in [4.78, 5) is 105. The number of benzene rings is 1. The van der Waals surface area contributed by atoms with E-state index in [0.29, 0.717) is 12.8 Å². The van der Waals surface area contributed by atoms with Crippen LogP contribution in [0.1, 0.15) is 136 Å². The van der Waals surface area contributed by atoms with Gasteiger partial charge in [-0.25, -0.2) is 23.8 Å². The fourth-order valence-corrected chi connectivity index (χ4v) is 14.5. The zero-order valence-corrected chi connectivity index (χ0v) is 69.0. The average molecular weight is 1730 g/mol. The van der Waals surface area contributed by atoms with Crippen molar-refractivity contribution in [3.05, 3.63) is 105 Å². The number of nitrogens with one attached hydrogen (secondary N) is 3. The number of nitro benzene ring substituents is 1. The zero-order chi connectivity index (χ0) is 88.5. The van der Waals surface area contributed by atoms with Crippen LogP contribution in [0, 0.1) is 15.5 Å². The Labute approximate surface area is 690 Å². The van der Waals surface area contributed by atoms with Crippen LogP contribution in [0.5, 0.6) is 0 Å². The Bertz CT molecular complexity index is 3980. The topological polar surface area (TPSA) is 644 Å². The third-order valence-electron chi connectivity index (χ3n) is 20.1. The van der Waals surface area contributed by atoms with Crippen molar-refractivity contribution in [3.63, 3.8) is 0 Å². The molecule has 0 aliphatic carbocycles.